The Kier molecular flexibility index (Phi) is 5.04. The number of aromatic nitrogens is 1. The number of thiocarbonyl (C=S) groups is 1. The largest absolute Gasteiger partial charge is 0.497 e. The standard InChI is InChI=1S/C22H16N4O3S/c1-29-16-8-6-15(7-9-16)26-21(28)18(20(27)24-22(26)30)12-14-13-25(11-10-23)19-5-3-2-4-17(14)19/h2-9,12-13H,11H2,1H3,(H,24,27,30)/b18-12+. The van der Waals surface area contributed by atoms with Gasteiger partial charge in [-0.15, -0.1) is 0 Å². The number of hydrogen-bond donors (Lipinski definition) is 1. The number of rotatable bonds is 4. The van der Waals surface area contributed by atoms with Crippen LogP contribution in [-0.2, 0) is 16.1 Å². The normalized spacial score (nSPS) is 15.4. The molecule has 2 heterocycles. The summed E-state index contributed by atoms with van der Waals surface area (Å²) in [6.07, 6.45) is 3.29. The van der Waals surface area contributed by atoms with Crippen LogP contribution in [0.15, 0.2) is 60.3 Å². The van der Waals surface area contributed by atoms with Gasteiger partial charge in [-0.1, -0.05) is 18.2 Å². The van der Waals surface area contributed by atoms with Crippen LogP contribution in [0.5, 0.6) is 5.75 Å². The summed E-state index contributed by atoms with van der Waals surface area (Å²) in [5.74, 6) is -0.447. The molecule has 4 rings (SSSR count). The maximum atomic E-state index is 13.2. The summed E-state index contributed by atoms with van der Waals surface area (Å²) >= 11 is 5.23. The van der Waals surface area contributed by atoms with Crippen molar-refractivity contribution in [1.29, 1.82) is 5.26 Å². The second kappa shape index (κ2) is 7.81. The van der Waals surface area contributed by atoms with Gasteiger partial charge in [-0.25, -0.2) is 0 Å². The van der Waals surface area contributed by atoms with Gasteiger partial charge in [-0.2, -0.15) is 5.26 Å². The van der Waals surface area contributed by atoms with Crippen LogP contribution in [0.25, 0.3) is 17.0 Å². The average Bonchev–Trinajstić information content (AvgIpc) is 3.09. The highest BCUT2D eigenvalue weighted by Gasteiger charge is 2.34. The number of carbonyl (C=O) groups is 2. The Morgan fingerprint density at radius 2 is 1.90 bits per heavy atom. The number of carbonyl (C=O) groups excluding carboxylic acids is 2. The number of para-hydroxylation sites is 1. The maximum absolute atomic E-state index is 13.2. The molecule has 0 saturated carbocycles. The van der Waals surface area contributed by atoms with Gasteiger partial charge >= 0.3 is 0 Å². The molecule has 7 nitrogen and oxygen atoms in total. The fraction of sp³-hybridized carbons (Fsp3) is 0.0909. The number of benzene rings is 2. The maximum Gasteiger partial charge on any atom is 0.270 e. The van der Waals surface area contributed by atoms with E-state index in [0.29, 0.717) is 17.0 Å². The van der Waals surface area contributed by atoms with E-state index in [1.165, 1.54) is 11.0 Å². The Morgan fingerprint density at radius 3 is 2.60 bits per heavy atom. The molecule has 1 N–H and O–H groups in total. The monoisotopic (exact) mass is 416 g/mol. The van der Waals surface area contributed by atoms with E-state index in [-0.39, 0.29) is 17.2 Å². The summed E-state index contributed by atoms with van der Waals surface area (Å²) in [6, 6.07) is 16.4. The molecule has 8 heteroatoms. The third-order valence-electron chi connectivity index (χ3n) is 4.79. The molecule has 0 aliphatic carbocycles. The van der Waals surface area contributed by atoms with E-state index >= 15 is 0 Å². The van der Waals surface area contributed by atoms with E-state index in [9.17, 15) is 9.59 Å². The number of fused-ring (bicyclic) bond motifs is 1. The highest BCUT2D eigenvalue weighted by molar-refractivity contribution is 7.80. The number of ether oxygens (including phenoxy) is 1. The van der Waals surface area contributed by atoms with E-state index in [1.54, 1.807) is 42.1 Å². The molecule has 0 unspecified atom stereocenters. The van der Waals surface area contributed by atoms with Crippen LogP contribution in [0, 0.1) is 11.3 Å². The van der Waals surface area contributed by atoms with E-state index in [0.717, 1.165) is 10.9 Å². The van der Waals surface area contributed by atoms with Gasteiger partial charge in [0.25, 0.3) is 11.8 Å². The van der Waals surface area contributed by atoms with Crippen LogP contribution in [0.2, 0.25) is 0 Å². The predicted octanol–water partition coefficient (Wildman–Crippen LogP) is 3.00. The number of hydrogen-bond acceptors (Lipinski definition) is 5. The number of methoxy groups -OCH3 is 1. The first-order valence-electron chi connectivity index (χ1n) is 9.04. The molecule has 0 bridgehead atoms. The molecule has 1 fully saturated rings. The van der Waals surface area contributed by atoms with Gasteiger partial charge in [0, 0.05) is 22.7 Å². The zero-order chi connectivity index (χ0) is 21.3. The lowest BCUT2D eigenvalue weighted by atomic mass is 10.1. The lowest BCUT2D eigenvalue weighted by molar-refractivity contribution is -0.122. The van der Waals surface area contributed by atoms with Crippen LogP contribution >= 0.6 is 12.2 Å². The van der Waals surface area contributed by atoms with Crippen molar-refractivity contribution in [3.63, 3.8) is 0 Å². The molecule has 1 aliphatic heterocycles. The lowest BCUT2D eigenvalue weighted by Gasteiger charge is -2.29. The van der Waals surface area contributed by atoms with Crippen molar-refractivity contribution in [2.24, 2.45) is 0 Å². The molecule has 1 aliphatic rings. The highest BCUT2D eigenvalue weighted by Crippen LogP contribution is 2.27. The molecular formula is C22H16N4O3S. The Bertz CT molecular complexity index is 1250. The summed E-state index contributed by atoms with van der Waals surface area (Å²) < 4.78 is 6.92. The van der Waals surface area contributed by atoms with Crippen LogP contribution in [0.4, 0.5) is 5.69 Å². The first-order valence-corrected chi connectivity index (χ1v) is 9.44. The second-order valence-corrected chi connectivity index (χ2v) is 6.93. The van der Waals surface area contributed by atoms with Crippen LogP contribution in [-0.4, -0.2) is 28.6 Å². The molecule has 30 heavy (non-hydrogen) atoms. The van der Waals surface area contributed by atoms with Gasteiger partial charge in [-0.3, -0.25) is 19.8 Å². The predicted molar refractivity (Wildman–Crippen MR) is 117 cm³/mol. The van der Waals surface area contributed by atoms with E-state index in [1.807, 2.05) is 24.3 Å². The number of nitrogens with one attached hydrogen (secondary N) is 1. The quantitative estimate of drug-likeness (QED) is 0.401. The summed E-state index contributed by atoms with van der Waals surface area (Å²) in [6.45, 7) is 0.159. The highest BCUT2D eigenvalue weighted by atomic mass is 32.1. The molecule has 0 radical (unpaired) electrons. The van der Waals surface area contributed by atoms with Gasteiger partial charge in [0.05, 0.1) is 18.9 Å². The molecular weight excluding hydrogens is 400 g/mol. The zero-order valence-electron chi connectivity index (χ0n) is 16.0. The first kappa shape index (κ1) is 19.4. The van der Waals surface area contributed by atoms with Gasteiger partial charge in [0.15, 0.2) is 5.11 Å². The molecule has 1 saturated heterocycles. The van der Waals surface area contributed by atoms with Crippen molar-refractivity contribution in [2.45, 2.75) is 6.54 Å². The molecule has 2 amide bonds. The molecule has 0 spiro atoms. The van der Waals surface area contributed by atoms with Crippen molar-refractivity contribution in [1.82, 2.24) is 9.88 Å². The first-order chi connectivity index (χ1) is 14.5. The van der Waals surface area contributed by atoms with Crippen molar-refractivity contribution < 1.29 is 14.3 Å². The fourth-order valence-corrected chi connectivity index (χ4v) is 3.66. The van der Waals surface area contributed by atoms with Gasteiger partial charge < -0.3 is 9.30 Å². The number of nitrogens with zero attached hydrogens (tertiary/aromatic N) is 3. The van der Waals surface area contributed by atoms with Gasteiger partial charge in [0.2, 0.25) is 0 Å². The van der Waals surface area contributed by atoms with E-state index in [2.05, 4.69) is 11.4 Å². The third kappa shape index (κ3) is 3.32. The lowest BCUT2D eigenvalue weighted by Crippen LogP contribution is -2.54. The number of nitriles is 1. The summed E-state index contributed by atoms with van der Waals surface area (Å²) in [4.78, 5) is 27.0. The van der Waals surface area contributed by atoms with Gasteiger partial charge in [-0.05, 0) is 48.6 Å². The van der Waals surface area contributed by atoms with Crippen LogP contribution in [0.3, 0.4) is 0 Å². The minimum atomic E-state index is -0.563. The Hall–Kier alpha value is -3.96. The Labute approximate surface area is 177 Å². The van der Waals surface area contributed by atoms with Crippen molar-refractivity contribution in [3.8, 4) is 11.8 Å². The van der Waals surface area contributed by atoms with Crippen molar-refractivity contribution >= 4 is 51.8 Å². The minimum Gasteiger partial charge on any atom is -0.497 e. The number of anilines is 1. The average molecular weight is 416 g/mol. The smallest absolute Gasteiger partial charge is 0.270 e. The van der Waals surface area contributed by atoms with Gasteiger partial charge in [0.1, 0.15) is 17.9 Å². The third-order valence-corrected chi connectivity index (χ3v) is 5.08. The Balaban J connectivity index is 1.78. The summed E-state index contributed by atoms with van der Waals surface area (Å²) in [5.41, 5.74) is 1.99. The second-order valence-electron chi connectivity index (χ2n) is 6.54. The molecule has 0 atom stereocenters. The van der Waals surface area contributed by atoms with Crippen LogP contribution < -0.4 is 15.0 Å². The minimum absolute atomic E-state index is 0.0132. The van der Waals surface area contributed by atoms with E-state index in [4.69, 9.17) is 22.2 Å². The fourth-order valence-electron chi connectivity index (χ4n) is 3.38. The van der Waals surface area contributed by atoms with Crippen LogP contribution in [0.1, 0.15) is 5.56 Å². The Morgan fingerprint density at radius 1 is 1.17 bits per heavy atom. The van der Waals surface area contributed by atoms with E-state index < -0.39 is 11.8 Å². The molecule has 1 aromatic heterocycles. The summed E-state index contributed by atoms with van der Waals surface area (Å²) in [5, 5.41) is 12.5. The van der Waals surface area contributed by atoms with Crippen molar-refractivity contribution in [3.05, 3.63) is 65.9 Å². The zero-order valence-corrected chi connectivity index (χ0v) is 16.8. The number of amides is 2. The molecule has 148 valence electrons. The topological polar surface area (TPSA) is 87.4 Å². The SMILES string of the molecule is COc1ccc(N2C(=O)/C(=C/c3cn(CC#N)c4ccccc34)C(=O)NC2=S)cc1. The molecule has 2 aromatic carbocycles. The van der Waals surface area contributed by atoms with Crippen molar-refractivity contribution in [2.75, 3.05) is 12.0 Å². The molecule has 3 aromatic rings. The summed E-state index contributed by atoms with van der Waals surface area (Å²) in [7, 11) is 1.55.